The molecule has 2 atom stereocenters. The van der Waals surface area contributed by atoms with Gasteiger partial charge in [0.1, 0.15) is 15.9 Å². The number of halogens is 1. The highest BCUT2D eigenvalue weighted by molar-refractivity contribution is 9.10. The maximum Gasteiger partial charge on any atom is 0.407 e. The first-order chi connectivity index (χ1) is 13.5. The third-order valence-corrected chi connectivity index (χ3v) is 6.01. The summed E-state index contributed by atoms with van der Waals surface area (Å²) in [5.74, 6) is 1.50. The number of nitrogens with zero attached hydrogens (tertiary/aromatic N) is 4. The van der Waals surface area contributed by atoms with Crippen LogP contribution in [0.15, 0.2) is 47.3 Å². The van der Waals surface area contributed by atoms with E-state index in [1.165, 1.54) is 0 Å². The number of carbonyl (C=O) groups is 1. The van der Waals surface area contributed by atoms with Crippen LogP contribution in [0.25, 0.3) is 5.52 Å². The summed E-state index contributed by atoms with van der Waals surface area (Å²) in [4.78, 5) is 22.4. The van der Waals surface area contributed by atoms with E-state index in [0.717, 1.165) is 42.6 Å². The minimum absolute atomic E-state index is 0.0400. The number of nitrogen functional groups attached to an aromatic ring is 1. The Morgan fingerprint density at radius 2 is 2.11 bits per heavy atom. The van der Waals surface area contributed by atoms with E-state index in [4.69, 9.17) is 10.7 Å². The standard InChI is InChI=1S/C20H22BrN5O2/c21-17-16-18(22)23-9-10-25(16)19(24-17)14-7-4-8-15(11-14)26(20(27)28)12-13-5-2-1-3-6-13/h1-3,5-6,9-10,14-15H,4,7-8,11-12H2,(H2,22,23)(H,27,28)/t14-,15+/m1/s1. The van der Waals surface area contributed by atoms with Gasteiger partial charge in [0.15, 0.2) is 5.82 Å². The maximum absolute atomic E-state index is 12.0. The normalized spacial score (nSPS) is 19.6. The zero-order chi connectivity index (χ0) is 19.7. The van der Waals surface area contributed by atoms with Crippen molar-refractivity contribution in [3.8, 4) is 0 Å². The van der Waals surface area contributed by atoms with Crippen LogP contribution in [0.3, 0.4) is 0 Å². The van der Waals surface area contributed by atoms with Gasteiger partial charge in [-0.25, -0.2) is 14.8 Å². The van der Waals surface area contributed by atoms with E-state index in [9.17, 15) is 9.90 Å². The first-order valence-electron chi connectivity index (χ1n) is 9.36. The number of carboxylic acid groups (broad SMARTS) is 1. The second-order valence-electron chi connectivity index (χ2n) is 7.21. The number of hydrogen-bond donors (Lipinski definition) is 2. The summed E-state index contributed by atoms with van der Waals surface area (Å²) < 4.78 is 2.65. The molecule has 0 aliphatic heterocycles. The number of benzene rings is 1. The van der Waals surface area contributed by atoms with Gasteiger partial charge in [0.2, 0.25) is 0 Å². The zero-order valence-electron chi connectivity index (χ0n) is 15.3. The number of fused-ring (bicyclic) bond motifs is 1. The first kappa shape index (κ1) is 18.7. The van der Waals surface area contributed by atoms with Crippen LogP contribution in [0.4, 0.5) is 10.6 Å². The van der Waals surface area contributed by atoms with Gasteiger partial charge in [-0.2, -0.15) is 0 Å². The van der Waals surface area contributed by atoms with Crippen molar-refractivity contribution in [1.82, 2.24) is 19.3 Å². The molecule has 1 fully saturated rings. The molecule has 0 unspecified atom stereocenters. The van der Waals surface area contributed by atoms with E-state index < -0.39 is 6.09 Å². The van der Waals surface area contributed by atoms with E-state index in [-0.39, 0.29) is 12.0 Å². The monoisotopic (exact) mass is 443 g/mol. The Hall–Kier alpha value is -2.61. The van der Waals surface area contributed by atoms with Crippen LogP contribution in [-0.2, 0) is 6.54 Å². The summed E-state index contributed by atoms with van der Waals surface area (Å²) >= 11 is 3.49. The fourth-order valence-electron chi connectivity index (χ4n) is 4.15. The van der Waals surface area contributed by atoms with E-state index in [0.29, 0.717) is 17.0 Å². The molecule has 7 nitrogen and oxygen atoms in total. The van der Waals surface area contributed by atoms with Crippen LogP contribution in [0.2, 0.25) is 0 Å². The van der Waals surface area contributed by atoms with Crippen molar-refractivity contribution in [2.45, 2.75) is 44.2 Å². The van der Waals surface area contributed by atoms with Gasteiger partial charge in [-0.3, -0.25) is 4.40 Å². The van der Waals surface area contributed by atoms with Crippen molar-refractivity contribution >= 4 is 33.4 Å². The van der Waals surface area contributed by atoms with E-state index in [1.54, 1.807) is 11.1 Å². The number of aromatic nitrogens is 3. The van der Waals surface area contributed by atoms with Crippen molar-refractivity contribution in [1.29, 1.82) is 0 Å². The van der Waals surface area contributed by atoms with Crippen molar-refractivity contribution in [2.75, 3.05) is 5.73 Å². The fraction of sp³-hybridized carbons (Fsp3) is 0.350. The Balaban J connectivity index is 1.60. The average Bonchev–Trinajstić information content (AvgIpc) is 3.05. The topological polar surface area (TPSA) is 96.8 Å². The maximum atomic E-state index is 12.0. The van der Waals surface area contributed by atoms with Gasteiger partial charge in [-0.05, 0) is 40.8 Å². The fourth-order valence-corrected chi connectivity index (χ4v) is 4.72. The summed E-state index contributed by atoms with van der Waals surface area (Å²) in [6, 6.07) is 9.70. The number of rotatable bonds is 4. The molecule has 2 aromatic heterocycles. The predicted molar refractivity (Wildman–Crippen MR) is 110 cm³/mol. The molecule has 1 aromatic carbocycles. The van der Waals surface area contributed by atoms with Crippen LogP contribution < -0.4 is 5.73 Å². The molecule has 1 aliphatic rings. The van der Waals surface area contributed by atoms with Crippen LogP contribution in [0.1, 0.15) is 43.0 Å². The lowest BCUT2D eigenvalue weighted by Gasteiger charge is -2.35. The molecule has 1 amide bonds. The third kappa shape index (κ3) is 3.56. The number of anilines is 1. The highest BCUT2D eigenvalue weighted by Crippen LogP contribution is 2.37. The quantitative estimate of drug-likeness (QED) is 0.626. The Bertz CT molecular complexity index is 991. The lowest BCUT2D eigenvalue weighted by molar-refractivity contribution is 0.102. The zero-order valence-corrected chi connectivity index (χ0v) is 16.9. The van der Waals surface area contributed by atoms with Crippen molar-refractivity contribution in [3.05, 3.63) is 58.7 Å². The second kappa shape index (κ2) is 7.79. The number of imidazole rings is 1. The Morgan fingerprint density at radius 1 is 1.32 bits per heavy atom. The van der Waals surface area contributed by atoms with Crippen molar-refractivity contribution < 1.29 is 9.90 Å². The van der Waals surface area contributed by atoms with Crippen LogP contribution in [0, 0.1) is 0 Å². The smallest absolute Gasteiger partial charge is 0.407 e. The molecule has 4 rings (SSSR count). The van der Waals surface area contributed by atoms with Gasteiger partial charge in [0.05, 0.1) is 0 Å². The third-order valence-electron chi connectivity index (χ3n) is 5.46. The molecule has 0 saturated heterocycles. The van der Waals surface area contributed by atoms with Gasteiger partial charge in [-0.1, -0.05) is 36.8 Å². The molecule has 3 aromatic rings. The number of amides is 1. The summed E-state index contributed by atoms with van der Waals surface area (Å²) in [5.41, 5.74) is 7.78. The van der Waals surface area contributed by atoms with Gasteiger partial charge in [-0.15, -0.1) is 0 Å². The van der Waals surface area contributed by atoms with Gasteiger partial charge in [0, 0.05) is 30.9 Å². The van der Waals surface area contributed by atoms with Crippen LogP contribution in [0.5, 0.6) is 0 Å². The molecule has 0 bridgehead atoms. The average molecular weight is 444 g/mol. The van der Waals surface area contributed by atoms with E-state index >= 15 is 0 Å². The molecule has 1 aliphatic carbocycles. The molecular formula is C20H22BrN5O2. The number of hydrogen-bond acceptors (Lipinski definition) is 4. The van der Waals surface area contributed by atoms with Crippen molar-refractivity contribution in [2.24, 2.45) is 0 Å². The molecule has 146 valence electrons. The molecule has 28 heavy (non-hydrogen) atoms. The van der Waals surface area contributed by atoms with Crippen LogP contribution in [-0.4, -0.2) is 36.5 Å². The largest absolute Gasteiger partial charge is 0.465 e. The van der Waals surface area contributed by atoms with E-state index in [2.05, 4.69) is 20.9 Å². The predicted octanol–water partition coefficient (Wildman–Crippen LogP) is 4.28. The van der Waals surface area contributed by atoms with Gasteiger partial charge >= 0.3 is 6.09 Å². The second-order valence-corrected chi connectivity index (χ2v) is 7.96. The lowest BCUT2D eigenvalue weighted by Crippen LogP contribution is -2.41. The summed E-state index contributed by atoms with van der Waals surface area (Å²) in [6.45, 7) is 0.399. The lowest BCUT2D eigenvalue weighted by atomic mass is 9.84. The Morgan fingerprint density at radius 3 is 2.86 bits per heavy atom. The van der Waals surface area contributed by atoms with Crippen LogP contribution >= 0.6 is 15.9 Å². The SMILES string of the molecule is Nc1nccn2c([C@@H]3CCC[C@H](N(Cc4ccccc4)C(=O)O)C3)nc(Br)c12. The molecule has 8 heteroatoms. The first-order valence-corrected chi connectivity index (χ1v) is 10.2. The highest BCUT2D eigenvalue weighted by atomic mass is 79.9. The molecule has 0 radical (unpaired) electrons. The van der Waals surface area contributed by atoms with E-state index in [1.807, 2.05) is 40.9 Å². The molecular weight excluding hydrogens is 422 g/mol. The summed E-state index contributed by atoms with van der Waals surface area (Å²) in [7, 11) is 0. The summed E-state index contributed by atoms with van der Waals surface area (Å²) in [5, 5.41) is 9.83. The minimum Gasteiger partial charge on any atom is -0.465 e. The Kier molecular flexibility index (Phi) is 5.21. The van der Waals surface area contributed by atoms with Gasteiger partial charge in [0.25, 0.3) is 0 Å². The number of nitrogens with two attached hydrogens (primary N) is 1. The van der Waals surface area contributed by atoms with Crippen molar-refractivity contribution in [3.63, 3.8) is 0 Å². The highest BCUT2D eigenvalue weighted by Gasteiger charge is 2.32. The minimum atomic E-state index is -0.878. The van der Waals surface area contributed by atoms with Gasteiger partial charge < -0.3 is 15.7 Å². The molecule has 2 heterocycles. The molecule has 3 N–H and O–H groups in total. The molecule has 1 saturated carbocycles. The molecule has 0 spiro atoms. The summed E-state index contributed by atoms with van der Waals surface area (Å²) in [6.07, 6.45) is 6.19. The Labute approximate surface area is 171 Å².